The van der Waals surface area contributed by atoms with Gasteiger partial charge in [-0.25, -0.2) is 4.84 Å². The van der Waals surface area contributed by atoms with Crippen LogP contribution in [0.2, 0.25) is 0 Å². The molecule has 0 saturated carbocycles. The standard InChI is InChI=1S/C25H27F8NO/c1-20(2)15-8-16-21(3,4)34(20)35-22(26,23(27,28)24(29,30)25(31,32)33)19-13-11-18(12-14-19)17-9-6-5-7-10-17/h5-7,9-14H,8,15-16H2,1-4H3. The van der Waals surface area contributed by atoms with E-state index in [0.717, 1.165) is 29.3 Å². The van der Waals surface area contributed by atoms with Crippen LogP contribution in [0.1, 0.15) is 52.5 Å². The van der Waals surface area contributed by atoms with Gasteiger partial charge in [-0.05, 0) is 58.1 Å². The molecule has 0 bridgehead atoms. The summed E-state index contributed by atoms with van der Waals surface area (Å²) in [5.74, 6) is -17.9. The van der Waals surface area contributed by atoms with E-state index in [1.54, 1.807) is 30.3 Å². The zero-order chi connectivity index (χ0) is 26.5. The summed E-state index contributed by atoms with van der Waals surface area (Å²) >= 11 is 0. The van der Waals surface area contributed by atoms with Gasteiger partial charge in [-0.1, -0.05) is 54.6 Å². The zero-order valence-corrected chi connectivity index (χ0v) is 19.7. The summed E-state index contributed by atoms with van der Waals surface area (Å²) < 4.78 is 114. The average Bonchev–Trinajstić information content (AvgIpc) is 2.75. The van der Waals surface area contributed by atoms with E-state index >= 15 is 13.2 Å². The van der Waals surface area contributed by atoms with Crippen LogP contribution in [0.25, 0.3) is 11.1 Å². The van der Waals surface area contributed by atoms with Crippen molar-refractivity contribution >= 4 is 0 Å². The number of alkyl halides is 8. The Morgan fingerprint density at radius 2 is 1.11 bits per heavy atom. The Kier molecular flexibility index (Phi) is 6.83. The Labute approximate surface area is 198 Å². The maximum absolute atomic E-state index is 16.3. The summed E-state index contributed by atoms with van der Waals surface area (Å²) in [6, 6.07) is 12.2. The van der Waals surface area contributed by atoms with Crippen molar-refractivity contribution in [1.82, 2.24) is 5.06 Å². The highest BCUT2D eigenvalue weighted by molar-refractivity contribution is 5.63. The van der Waals surface area contributed by atoms with Gasteiger partial charge < -0.3 is 0 Å². The van der Waals surface area contributed by atoms with Crippen molar-refractivity contribution in [2.75, 3.05) is 0 Å². The second-order valence-electron chi connectivity index (χ2n) is 10.0. The van der Waals surface area contributed by atoms with Crippen molar-refractivity contribution in [2.24, 2.45) is 0 Å². The van der Waals surface area contributed by atoms with Gasteiger partial charge in [-0.3, -0.25) is 0 Å². The summed E-state index contributed by atoms with van der Waals surface area (Å²) in [5, 5.41) is 0.801. The predicted molar refractivity (Wildman–Crippen MR) is 116 cm³/mol. The number of rotatable bonds is 6. The Morgan fingerprint density at radius 1 is 0.657 bits per heavy atom. The Morgan fingerprint density at radius 3 is 1.57 bits per heavy atom. The lowest BCUT2D eigenvalue weighted by atomic mass is 9.82. The SMILES string of the molecule is CC1(C)CCCC(C)(C)N1OC(F)(c1ccc(-c2ccccc2)cc1)C(F)(F)C(F)(F)C(F)(F)F. The molecule has 3 rings (SSSR count). The quantitative estimate of drug-likeness (QED) is 0.364. The molecule has 0 radical (unpaired) electrons. The third-order valence-corrected chi connectivity index (χ3v) is 6.41. The minimum absolute atomic E-state index is 0.320. The lowest BCUT2D eigenvalue weighted by molar-refractivity contribution is -0.471. The summed E-state index contributed by atoms with van der Waals surface area (Å²) in [4.78, 5) is 5.02. The predicted octanol–water partition coefficient (Wildman–Crippen LogP) is 8.28. The van der Waals surface area contributed by atoms with E-state index in [9.17, 15) is 22.0 Å². The molecular weight excluding hydrogens is 482 g/mol. The van der Waals surface area contributed by atoms with E-state index in [2.05, 4.69) is 0 Å². The zero-order valence-electron chi connectivity index (χ0n) is 19.7. The van der Waals surface area contributed by atoms with Gasteiger partial charge in [-0.2, -0.15) is 40.2 Å². The fraction of sp³-hybridized carbons (Fsp3) is 0.520. The normalized spacial score (nSPS) is 20.9. The molecule has 2 aromatic carbocycles. The number of hydrogen-bond acceptors (Lipinski definition) is 2. The van der Waals surface area contributed by atoms with Gasteiger partial charge in [0.15, 0.2) is 0 Å². The molecule has 1 aliphatic rings. The van der Waals surface area contributed by atoms with Crippen LogP contribution in [0.5, 0.6) is 0 Å². The van der Waals surface area contributed by atoms with E-state index in [1.807, 2.05) is 0 Å². The van der Waals surface area contributed by atoms with Crippen molar-refractivity contribution in [2.45, 2.75) is 81.9 Å². The van der Waals surface area contributed by atoms with Crippen LogP contribution in [-0.2, 0) is 10.7 Å². The number of hydrogen-bond donors (Lipinski definition) is 0. The molecule has 0 N–H and O–H groups in total. The molecule has 10 heteroatoms. The molecule has 35 heavy (non-hydrogen) atoms. The number of hydroxylamine groups is 2. The van der Waals surface area contributed by atoms with Crippen LogP contribution in [0, 0.1) is 0 Å². The van der Waals surface area contributed by atoms with E-state index in [1.165, 1.54) is 27.7 Å². The number of nitrogens with zero attached hydrogens (tertiary/aromatic N) is 1. The van der Waals surface area contributed by atoms with Gasteiger partial charge >= 0.3 is 23.9 Å². The Bertz CT molecular complexity index is 1000. The van der Waals surface area contributed by atoms with Gasteiger partial charge in [0.2, 0.25) is 0 Å². The molecule has 0 aromatic heterocycles. The van der Waals surface area contributed by atoms with Gasteiger partial charge in [-0.15, -0.1) is 0 Å². The maximum atomic E-state index is 16.3. The molecule has 1 atom stereocenters. The molecule has 0 spiro atoms. The first-order valence-corrected chi connectivity index (χ1v) is 11.0. The molecule has 2 aromatic rings. The van der Waals surface area contributed by atoms with E-state index < -0.39 is 40.5 Å². The largest absolute Gasteiger partial charge is 0.460 e. The Hall–Kier alpha value is -2.20. The molecular formula is C25H27F8NO. The lowest BCUT2D eigenvalue weighted by Crippen LogP contribution is -2.67. The average molecular weight is 509 g/mol. The van der Waals surface area contributed by atoms with Crippen LogP contribution in [-0.4, -0.2) is 34.2 Å². The fourth-order valence-corrected chi connectivity index (χ4v) is 4.53. The molecule has 2 nitrogen and oxygen atoms in total. The number of benzene rings is 2. The molecule has 194 valence electrons. The molecule has 0 aliphatic carbocycles. The molecule has 1 heterocycles. The topological polar surface area (TPSA) is 12.5 Å². The van der Waals surface area contributed by atoms with Crippen LogP contribution in [0.15, 0.2) is 54.6 Å². The van der Waals surface area contributed by atoms with Gasteiger partial charge in [0.1, 0.15) is 0 Å². The first-order chi connectivity index (χ1) is 15.9. The van der Waals surface area contributed by atoms with Crippen LogP contribution < -0.4 is 0 Å². The highest BCUT2D eigenvalue weighted by atomic mass is 19.4. The molecule has 1 saturated heterocycles. The van der Waals surface area contributed by atoms with E-state index in [4.69, 9.17) is 4.84 Å². The summed E-state index contributed by atoms with van der Waals surface area (Å²) in [6.45, 7) is 6.08. The van der Waals surface area contributed by atoms with Crippen molar-refractivity contribution in [3.63, 3.8) is 0 Å². The van der Waals surface area contributed by atoms with Gasteiger partial charge in [0.25, 0.3) is 0 Å². The maximum Gasteiger partial charge on any atom is 0.460 e. The van der Waals surface area contributed by atoms with Gasteiger partial charge in [0, 0.05) is 16.6 Å². The first-order valence-electron chi connectivity index (χ1n) is 11.0. The second kappa shape index (κ2) is 8.73. The van der Waals surface area contributed by atoms with Crippen LogP contribution >= 0.6 is 0 Å². The van der Waals surface area contributed by atoms with Crippen LogP contribution in [0.4, 0.5) is 35.1 Å². The Balaban J connectivity index is 2.17. The second-order valence-corrected chi connectivity index (χ2v) is 10.0. The number of piperidine rings is 1. The molecule has 1 aliphatic heterocycles. The van der Waals surface area contributed by atoms with Crippen molar-refractivity contribution < 1.29 is 40.0 Å². The third kappa shape index (κ3) is 4.67. The smallest absolute Gasteiger partial charge is 0.246 e. The summed E-state index contributed by atoms with van der Waals surface area (Å²) in [5.41, 5.74) is -2.40. The van der Waals surface area contributed by atoms with Crippen molar-refractivity contribution in [3.05, 3.63) is 60.2 Å². The molecule has 1 fully saturated rings. The summed E-state index contributed by atoms with van der Waals surface area (Å²) in [7, 11) is 0. The number of halogens is 8. The van der Waals surface area contributed by atoms with Gasteiger partial charge in [0.05, 0.1) is 0 Å². The van der Waals surface area contributed by atoms with Crippen LogP contribution in [0.3, 0.4) is 0 Å². The lowest BCUT2D eigenvalue weighted by Gasteiger charge is -2.54. The third-order valence-electron chi connectivity index (χ3n) is 6.41. The monoisotopic (exact) mass is 509 g/mol. The minimum atomic E-state index is -6.73. The van der Waals surface area contributed by atoms with Crippen molar-refractivity contribution in [1.29, 1.82) is 0 Å². The first kappa shape index (κ1) is 27.4. The van der Waals surface area contributed by atoms with E-state index in [0.29, 0.717) is 30.4 Å². The molecule has 1 unspecified atom stereocenters. The molecule has 0 amide bonds. The summed E-state index contributed by atoms with van der Waals surface area (Å²) in [6.07, 6.45) is -5.49. The van der Waals surface area contributed by atoms with E-state index in [-0.39, 0.29) is 0 Å². The highest BCUT2D eigenvalue weighted by Crippen LogP contribution is 2.58. The van der Waals surface area contributed by atoms with Crippen molar-refractivity contribution in [3.8, 4) is 11.1 Å². The minimum Gasteiger partial charge on any atom is -0.246 e. The fourth-order valence-electron chi connectivity index (χ4n) is 4.53. The highest BCUT2D eigenvalue weighted by Gasteiger charge is 2.82.